The lowest BCUT2D eigenvalue weighted by molar-refractivity contribution is 0.340. The summed E-state index contributed by atoms with van der Waals surface area (Å²) in [5, 5.41) is 4.25. The molecule has 0 unspecified atom stereocenters. The van der Waals surface area contributed by atoms with E-state index in [1.807, 2.05) is 19.9 Å². The Balaban J connectivity index is 2.14. The zero-order valence-electron chi connectivity index (χ0n) is 13.7. The third kappa shape index (κ3) is 4.49. The summed E-state index contributed by atoms with van der Waals surface area (Å²) >= 11 is 6.08. The molecule has 0 bridgehead atoms. The van der Waals surface area contributed by atoms with Crippen LogP contribution in [0.1, 0.15) is 23.6 Å². The van der Waals surface area contributed by atoms with Gasteiger partial charge in [-0.3, -0.25) is 0 Å². The summed E-state index contributed by atoms with van der Waals surface area (Å²) in [6.45, 7) is 6.04. The first-order chi connectivity index (χ1) is 11.3. The van der Waals surface area contributed by atoms with E-state index in [1.54, 1.807) is 37.3 Å². The zero-order chi connectivity index (χ0) is 17.7. The molecule has 0 aromatic heterocycles. The number of nitrogens with zero attached hydrogens (tertiary/aromatic N) is 1. The van der Waals surface area contributed by atoms with Crippen molar-refractivity contribution < 1.29 is 13.2 Å². The second-order valence-corrected chi connectivity index (χ2v) is 7.28. The van der Waals surface area contributed by atoms with Crippen LogP contribution >= 0.6 is 11.6 Å². The molecule has 0 saturated heterocycles. The van der Waals surface area contributed by atoms with Crippen molar-refractivity contribution in [2.75, 3.05) is 6.61 Å². The molecule has 7 heteroatoms. The molecule has 0 fully saturated rings. The Bertz CT molecular complexity index is 864. The van der Waals surface area contributed by atoms with Crippen molar-refractivity contribution in [2.24, 2.45) is 5.10 Å². The predicted octanol–water partition coefficient (Wildman–Crippen LogP) is 3.67. The summed E-state index contributed by atoms with van der Waals surface area (Å²) in [4.78, 5) is 2.41. The molecule has 0 aliphatic carbocycles. The van der Waals surface area contributed by atoms with E-state index in [4.69, 9.17) is 16.3 Å². The second kappa shape index (κ2) is 7.68. The topological polar surface area (TPSA) is 67.8 Å². The Morgan fingerprint density at radius 1 is 1.21 bits per heavy atom. The normalized spacial score (nSPS) is 11.7. The molecule has 0 aliphatic heterocycles. The van der Waals surface area contributed by atoms with Crippen LogP contribution in [0.4, 0.5) is 0 Å². The molecule has 0 aliphatic rings. The van der Waals surface area contributed by atoms with Crippen LogP contribution in [0, 0.1) is 13.8 Å². The van der Waals surface area contributed by atoms with Crippen molar-refractivity contribution in [3.8, 4) is 5.75 Å². The average Bonchev–Trinajstić information content (AvgIpc) is 2.49. The Morgan fingerprint density at radius 3 is 2.58 bits per heavy atom. The maximum Gasteiger partial charge on any atom is 0.276 e. The number of hydrogen-bond acceptors (Lipinski definition) is 4. The van der Waals surface area contributed by atoms with E-state index >= 15 is 0 Å². The van der Waals surface area contributed by atoms with E-state index in [0.717, 1.165) is 5.56 Å². The van der Waals surface area contributed by atoms with E-state index in [0.29, 0.717) is 28.5 Å². The summed E-state index contributed by atoms with van der Waals surface area (Å²) in [6, 6.07) is 10.2. The molecular formula is C17H19ClN2O3S. The van der Waals surface area contributed by atoms with E-state index in [1.165, 1.54) is 6.21 Å². The van der Waals surface area contributed by atoms with Crippen molar-refractivity contribution in [1.82, 2.24) is 4.83 Å². The van der Waals surface area contributed by atoms with Gasteiger partial charge in [0.1, 0.15) is 5.75 Å². The SMILES string of the molecule is CCOc1ccc(/C=N/NS(=O)(=O)c2ccc(C)cc2C)cc1Cl. The highest BCUT2D eigenvalue weighted by Gasteiger charge is 2.15. The van der Waals surface area contributed by atoms with Crippen LogP contribution in [0.3, 0.4) is 0 Å². The molecule has 0 spiro atoms. The van der Waals surface area contributed by atoms with E-state index in [2.05, 4.69) is 9.93 Å². The smallest absolute Gasteiger partial charge is 0.276 e. The van der Waals surface area contributed by atoms with Crippen LogP contribution in [-0.2, 0) is 10.0 Å². The van der Waals surface area contributed by atoms with Gasteiger partial charge in [-0.1, -0.05) is 29.3 Å². The van der Waals surface area contributed by atoms with Crippen molar-refractivity contribution >= 4 is 27.8 Å². The van der Waals surface area contributed by atoms with Crippen LogP contribution in [0.15, 0.2) is 46.4 Å². The summed E-state index contributed by atoms with van der Waals surface area (Å²) in [6.07, 6.45) is 1.39. The largest absolute Gasteiger partial charge is 0.492 e. The molecule has 24 heavy (non-hydrogen) atoms. The first kappa shape index (κ1) is 18.3. The van der Waals surface area contributed by atoms with Gasteiger partial charge in [0.2, 0.25) is 0 Å². The molecule has 2 rings (SSSR count). The molecule has 2 aromatic carbocycles. The number of halogens is 1. The van der Waals surface area contributed by atoms with Crippen molar-refractivity contribution in [3.05, 3.63) is 58.1 Å². The van der Waals surface area contributed by atoms with Crippen molar-refractivity contribution in [1.29, 1.82) is 0 Å². The molecule has 0 atom stereocenters. The maximum atomic E-state index is 12.3. The number of ether oxygens (including phenoxy) is 1. The van der Waals surface area contributed by atoms with Crippen molar-refractivity contribution in [3.63, 3.8) is 0 Å². The van der Waals surface area contributed by atoms with E-state index in [-0.39, 0.29) is 4.90 Å². The standard InChI is InChI=1S/C17H19ClN2O3S/c1-4-23-16-7-6-14(10-15(16)18)11-19-20-24(21,22)17-8-5-12(2)9-13(17)3/h5-11,20H,4H2,1-3H3/b19-11+. The monoisotopic (exact) mass is 366 g/mol. The molecule has 0 amide bonds. The number of sulfonamides is 1. The average molecular weight is 367 g/mol. The minimum atomic E-state index is -3.71. The molecule has 0 radical (unpaired) electrons. The van der Waals surface area contributed by atoms with Gasteiger partial charge in [0.15, 0.2) is 0 Å². The number of hydrogen-bond donors (Lipinski definition) is 1. The van der Waals surface area contributed by atoms with Gasteiger partial charge in [-0.2, -0.15) is 13.5 Å². The number of aryl methyl sites for hydroxylation is 2. The van der Waals surface area contributed by atoms with Crippen LogP contribution in [-0.4, -0.2) is 21.2 Å². The molecule has 0 heterocycles. The minimum Gasteiger partial charge on any atom is -0.492 e. The fraction of sp³-hybridized carbons (Fsp3) is 0.235. The van der Waals surface area contributed by atoms with E-state index < -0.39 is 10.0 Å². The third-order valence-corrected chi connectivity index (χ3v) is 4.94. The number of nitrogens with one attached hydrogen (secondary N) is 1. The third-order valence-electron chi connectivity index (χ3n) is 3.26. The lowest BCUT2D eigenvalue weighted by atomic mass is 10.2. The van der Waals surface area contributed by atoms with Gasteiger partial charge in [-0.05, 0) is 56.2 Å². The lowest BCUT2D eigenvalue weighted by Gasteiger charge is -2.08. The van der Waals surface area contributed by atoms with Gasteiger partial charge in [0.05, 0.1) is 22.7 Å². The Kier molecular flexibility index (Phi) is 5.85. The number of hydrazone groups is 1. The van der Waals surface area contributed by atoms with Crippen molar-refractivity contribution in [2.45, 2.75) is 25.7 Å². The first-order valence-corrected chi connectivity index (χ1v) is 9.24. The minimum absolute atomic E-state index is 0.204. The zero-order valence-corrected chi connectivity index (χ0v) is 15.3. The molecular weight excluding hydrogens is 348 g/mol. The molecule has 2 aromatic rings. The molecule has 128 valence electrons. The van der Waals surface area contributed by atoms with Gasteiger partial charge in [-0.25, -0.2) is 4.83 Å². The molecule has 5 nitrogen and oxygen atoms in total. The maximum absolute atomic E-state index is 12.3. The Labute approximate surface area is 147 Å². The fourth-order valence-corrected chi connectivity index (χ4v) is 3.45. The van der Waals surface area contributed by atoms with Crippen LogP contribution < -0.4 is 9.57 Å². The van der Waals surface area contributed by atoms with Gasteiger partial charge in [0, 0.05) is 0 Å². The molecule has 0 saturated carbocycles. The van der Waals surface area contributed by atoms with Crippen LogP contribution in [0.2, 0.25) is 5.02 Å². The quantitative estimate of drug-likeness (QED) is 0.626. The van der Waals surface area contributed by atoms with Gasteiger partial charge in [-0.15, -0.1) is 0 Å². The highest BCUT2D eigenvalue weighted by Crippen LogP contribution is 2.24. The van der Waals surface area contributed by atoms with Crippen LogP contribution in [0.25, 0.3) is 0 Å². The Hall–Kier alpha value is -2.05. The number of rotatable bonds is 6. The van der Waals surface area contributed by atoms with Gasteiger partial charge >= 0.3 is 0 Å². The van der Waals surface area contributed by atoms with Gasteiger partial charge in [0.25, 0.3) is 10.0 Å². The van der Waals surface area contributed by atoms with Gasteiger partial charge < -0.3 is 4.74 Å². The highest BCUT2D eigenvalue weighted by atomic mass is 35.5. The summed E-state index contributed by atoms with van der Waals surface area (Å²) < 4.78 is 29.9. The second-order valence-electron chi connectivity index (χ2n) is 5.24. The van der Waals surface area contributed by atoms with E-state index in [9.17, 15) is 8.42 Å². The van der Waals surface area contributed by atoms with Crippen LogP contribution in [0.5, 0.6) is 5.75 Å². The molecule has 1 N–H and O–H groups in total. The predicted molar refractivity (Wildman–Crippen MR) is 96.5 cm³/mol. The fourth-order valence-electron chi connectivity index (χ4n) is 2.19. The lowest BCUT2D eigenvalue weighted by Crippen LogP contribution is -2.19. The Morgan fingerprint density at radius 2 is 1.96 bits per heavy atom. The summed E-state index contributed by atoms with van der Waals surface area (Å²) in [7, 11) is -3.71. The summed E-state index contributed by atoms with van der Waals surface area (Å²) in [5.41, 5.74) is 2.33. The highest BCUT2D eigenvalue weighted by molar-refractivity contribution is 7.89. The summed E-state index contributed by atoms with van der Waals surface area (Å²) in [5.74, 6) is 0.576. The number of benzene rings is 2. The first-order valence-electron chi connectivity index (χ1n) is 7.38.